The molecule has 0 saturated carbocycles. The zero-order chi connectivity index (χ0) is 9.61. The number of halogens is 1. The van der Waals surface area contributed by atoms with Gasteiger partial charge in [0.05, 0.1) is 21.1 Å². The van der Waals surface area contributed by atoms with Crippen molar-refractivity contribution in [3.63, 3.8) is 0 Å². The second-order valence-corrected chi connectivity index (χ2v) is 3.58. The summed E-state index contributed by atoms with van der Waals surface area (Å²) >= 11 is 0. The van der Waals surface area contributed by atoms with Crippen LogP contribution in [0.1, 0.15) is 6.92 Å². The van der Waals surface area contributed by atoms with Gasteiger partial charge in [0.25, 0.3) is 0 Å². The number of hydrogen-bond acceptors (Lipinski definition) is 2. The molecule has 0 atom stereocenters. The van der Waals surface area contributed by atoms with Crippen LogP contribution in [0.2, 0.25) is 0 Å². The van der Waals surface area contributed by atoms with Crippen molar-refractivity contribution < 1.29 is 38.0 Å². The monoisotopic (exact) mass is 297 g/mol. The second kappa shape index (κ2) is 7.15. The van der Waals surface area contributed by atoms with Crippen molar-refractivity contribution in [1.29, 1.82) is 0 Å². The van der Waals surface area contributed by atoms with Crippen molar-refractivity contribution in [3.05, 3.63) is 0 Å². The standard InChI is InChI=1S/C9H16NO2.HI/c1-9(11)12-8-6-5-7-10(2,3)4;/h7-8H2,1-4H3;1H/q+1;/p-1. The molecule has 0 aromatic carbocycles. The van der Waals surface area contributed by atoms with Crippen LogP contribution >= 0.6 is 0 Å². The molecule has 13 heavy (non-hydrogen) atoms. The van der Waals surface area contributed by atoms with E-state index < -0.39 is 0 Å². The van der Waals surface area contributed by atoms with Gasteiger partial charge in [-0.05, 0) is 5.92 Å². The minimum Gasteiger partial charge on any atom is -1.00 e. The highest BCUT2D eigenvalue weighted by atomic mass is 127. The normalized spacial score (nSPS) is 9.23. The molecule has 0 heterocycles. The molecule has 0 rings (SSSR count). The molecular formula is C9H16INO2. The summed E-state index contributed by atoms with van der Waals surface area (Å²) in [5.41, 5.74) is 0. The summed E-state index contributed by atoms with van der Waals surface area (Å²) < 4.78 is 5.44. The largest absolute Gasteiger partial charge is 1.00 e. The van der Waals surface area contributed by atoms with Gasteiger partial charge in [-0.2, -0.15) is 0 Å². The molecule has 0 unspecified atom stereocenters. The van der Waals surface area contributed by atoms with Gasteiger partial charge in [0.15, 0.2) is 6.61 Å². The van der Waals surface area contributed by atoms with Crippen molar-refractivity contribution in [2.24, 2.45) is 0 Å². The molecule has 0 bridgehead atoms. The molecule has 0 aliphatic rings. The van der Waals surface area contributed by atoms with Crippen LogP contribution in [0.15, 0.2) is 0 Å². The third kappa shape index (κ3) is 14.6. The van der Waals surface area contributed by atoms with Crippen molar-refractivity contribution in [2.75, 3.05) is 34.3 Å². The molecule has 0 spiro atoms. The molecule has 0 saturated heterocycles. The maximum atomic E-state index is 10.3. The van der Waals surface area contributed by atoms with Gasteiger partial charge in [-0.1, -0.05) is 5.92 Å². The van der Waals surface area contributed by atoms with E-state index in [0.717, 1.165) is 11.0 Å². The van der Waals surface area contributed by atoms with E-state index in [4.69, 9.17) is 0 Å². The lowest BCUT2D eigenvalue weighted by atomic mass is 10.5. The number of nitrogens with zero attached hydrogens (tertiary/aromatic N) is 1. The number of carbonyl (C=O) groups is 1. The van der Waals surface area contributed by atoms with Gasteiger partial charge < -0.3 is 33.2 Å². The Balaban J connectivity index is 0. The van der Waals surface area contributed by atoms with Crippen LogP contribution in [0.5, 0.6) is 0 Å². The van der Waals surface area contributed by atoms with E-state index in [1.807, 2.05) is 0 Å². The maximum Gasteiger partial charge on any atom is 0.303 e. The van der Waals surface area contributed by atoms with Gasteiger partial charge in [-0.3, -0.25) is 4.79 Å². The lowest BCUT2D eigenvalue weighted by molar-refractivity contribution is -0.862. The van der Waals surface area contributed by atoms with Crippen LogP contribution in [0.3, 0.4) is 0 Å². The summed E-state index contributed by atoms with van der Waals surface area (Å²) in [6, 6.07) is 0. The molecule has 4 heteroatoms. The fourth-order valence-corrected chi connectivity index (χ4v) is 0.482. The average molecular weight is 297 g/mol. The predicted octanol–water partition coefficient (Wildman–Crippen LogP) is -2.74. The van der Waals surface area contributed by atoms with Crippen molar-refractivity contribution in [3.8, 4) is 11.8 Å². The molecule has 0 aromatic heterocycles. The Labute approximate surface area is 97.0 Å². The molecule has 0 aromatic rings. The van der Waals surface area contributed by atoms with E-state index in [1.54, 1.807) is 0 Å². The topological polar surface area (TPSA) is 26.3 Å². The highest BCUT2D eigenvalue weighted by Gasteiger charge is 2.01. The van der Waals surface area contributed by atoms with Gasteiger partial charge in [0.2, 0.25) is 0 Å². The quantitative estimate of drug-likeness (QED) is 0.239. The number of ether oxygens (including phenoxy) is 1. The third-order valence-electron chi connectivity index (χ3n) is 1.03. The van der Waals surface area contributed by atoms with E-state index in [0.29, 0.717) is 0 Å². The Bertz CT molecular complexity index is 210. The molecule has 3 nitrogen and oxygen atoms in total. The molecule has 0 radical (unpaired) electrons. The van der Waals surface area contributed by atoms with Gasteiger partial charge in [-0.15, -0.1) is 0 Å². The van der Waals surface area contributed by atoms with E-state index in [2.05, 4.69) is 37.7 Å². The SMILES string of the molecule is CC(=O)OCC#CC[N+](C)(C)C.[I-]. The first-order valence-electron chi connectivity index (χ1n) is 3.81. The zero-order valence-corrected chi connectivity index (χ0v) is 10.7. The first kappa shape index (κ1) is 15.2. The first-order valence-corrected chi connectivity index (χ1v) is 3.81. The fourth-order valence-electron chi connectivity index (χ4n) is 0.482. The second-order valence-electron chi connectivity index (χ2n) is 3.58. The van der Waals surface area contributed by atoms with E-state index in [1.165, 1.54) is 6.92 Å². The van der Waals surface area contributed by atoms with Crippen molar-refractivity contribution in [2.45, 2.75) is 6.92 Å². The Kier molecular flexibility index (Phi) is 8.37. The zero-order valence-electron chi connectivity index (χ0n) is 8.56. The van der Waals surface area contributed by atoms with Crippen LogP contribution in [-0.2, 0) is 9.53 Å². The van der Waals surface area contributed by atoms with E-state index >= 15 is 0 Å². The summed E-state index contributed by atoms with van der Waals surface area (Å²) in [6.45, 7) is 2.35. The summed E-state index contributed by atoms with van der Waals surface area (Å²) in [4.78, 5) is 10.3. The Morgan fingerprint density at radius 2 is 1.85 bits per heavy atom. The van der Waals surface area contributed by atoms with Crippen LogP contribution < -0.4 is 24.0 Å². The highest BCUT2D eigenvalue weighted by molar-refractivity contribution is 5.66. The summed E-state index contributed by atoms with van der Waals surface area (Å²) in [6.07, 6.45) is 0. The summed E-state index contributed by atoms with van der Waals surface area (Å²) in [5.74, 6) is 5.41. The molecule has 0 N–H and O–H groups in total. The average Bonchev–Trinajstić information content (AvgIpc) is 1.83. The number of hydrogen-bond donors (Lipinski definition) is 0. The molecule has 76 valence electrons. The van der Waals surface area contributed by atoms with Gasteiger partial charge in [0.1, 0.15) is 6.54 Å². The summed E-state index contributed by atoms with van der Waals surface area (Å²) in [5, 5.41) is 0. The minimum absolute atomic E-state index is 0. The number of rotatable bonds is 2. The Hall–Kier alpha value is -0.280. The smallest absolute Gasteiger partial charge is 0.303 e. The predicted molar refractivity (Wildman–Crippen MR) is 47.3 cm³/mol. The molecule has 0 amide bonds. The lowest BCUT2D eigenvalue weighted by Crippen LogP contribution is -3.00. The number of carbonyl (C=O) groups excluding carboxylic acids is 1. The number of quaternary nitrogens is 1. The summed E-state index contributed by atoms with van der Waals surface area (Å²) in [7, 11) is 6.17. The number of esters is 1. The minimum atomic E-state index is -0.283. The van der Waals surface area contributed by atoms with Crippen LogP contribution in [0.4, 0.5) is 0 Å². The van der Waals surface area contributed by atoms with Gasteiger partial charge in [-0.25, -0.2) is 0 Å². The third-order valence-corrected chi connectivity index (χ3v) is 1.03. The first-order chi connectivity index (χ1) is 5.42. The molecule has 0 aliphatic heterocycles. The lowest BCUT2D eigenvalue weighted by Gasteiger charge is -2.19. The molecule has 0 fully saturated rings. The molecule has 0 aliphatic carbocycles. The highest BCUT2D eigenvalue weighted by Crippen LogP contribution is 1.85. The van der Waals surface area contributed by atoms with Gasteiger partial charge >= 0.3 is 5.97 Å². The van der Waals surface area contributed by atoms with Crippen molar-refractivity contribution >= 4 is 5.97 Å². The maximum absolute atomic E-state index is 10.3. The van der Waals surface area contributed by atoms with E-state index in [9.17, 15) is 4.79 Å². The van der Waals surface area contributed by atoms with E-state index in [-0.39, 0.29) is 36.6 Å². The molecular weight excluding hydrogens is 281 g/mol. The van der Waals surface area contributed by atoms with Crippen LogP contribution in [0, 0.1) is 11.8 Å². The van der Waals surface area contributed by atoms with Crippen LogP contribution in [-0.4, -0.2) is 44.7 Å². The Morgan fingerprint density at radius 3 is 2.23 bits per heavy atom. The van der Waals surface area contributed by atoms with Crippen LogP contribution in [0.25, 0.3) is 0 Å². The fraction of sp³-hybridized carbons (Fsp3) is 0.667. The van der Waals surface area contributed by atoms with Crippen molar-refractivity contribution in [1.82, 2.24) is 0 Å². The van der Waals surface area contributed by atoms with Gasteiger partial charge in [0, 0.05) is 6.92 Å². The Morgan fingerprint density at radius 1 is 1.31 bits per heavy atom.